The quantitative estimate of drug-likeness (QED) is 0.593. The van der Waals surface area contributed by atoms with Crippen molar-refractivity contribution >= 4 is 0 Å². The summed E-state index contributed by atoms with van der Waals surface area (Å²) in [6, 6.07) is 0. The first-order valence-corrected chi connectivity index (χ1v) is 4.27. The molecule has 1 nitrogen and oxygen atoms in total. The molecule has 1 saturated carbocycles. The predicted molar refractivity (Wildman–Crippen MR) is 44.8 cm³/mol. The van der Waals surface area contributed by atoms with Gasteiger partial charge in [0.25, 0.3) is 0 Å². The van der Waals surface area contributed by atoms with Gasteiger partial charge in [-0.25, -0.2) is 0 Å². The van der Waals surface area contributed by atoms with E-state index in [1.807, 2.05) is 0 Å². The molecule has 1 fully saturated rings. The standard InChI is InChI=1S/C9H17N/c1-2-8(4-3-7-10)9-5-6-9/h4,9H,2-3,5-7,10H2,1H3. The Morgan fingerprint density at radius 3 is 2.70 bits per heavy atom. The van der Waals surface area contributed by atoms with Gasteiger partial charge in [0.2, 0.25) is 0 Å². The molecule has 0 amide bonds. The van der Waals surface area contributed by atoms with Crippen molar-refractivity contribution in [3.05, 3.63) is 11.6 Å². The molecule has 2 N–H and O–H groups in total. The molecule has 0 aromatic heterocycles. The molecule has 58 valence electrons. The van der Waals surface area contributed by atoms with Gasteiger partial charge >= 0.3 is 0 Å². The van der Waals surface area contributed by atoms with E-state index in [0.717, 1.165) is 18.9 Å². The second-order valence-corrected chi connectivity index (χ2v) is 2.98. The van der Waals surface area contributed by atoms with E-state index in [4.69, 9.17) is 5.73 Å². The summed E-state index contributed by atoms with van der Waals surface area (Å²) < 4.78 is 0. The summed E-state index contributed by atoms with van der Waals surface area (Å²) >= 11 is 0. The molecule has 0 atom stereocenters. The van der Waals surface area contributed by atoms with E-state index in [9.17, 15) is 0 Å². The van der Waals surface area contributed by atoms with Crippen LogP contribution in [0, 0.1) is 5.92 Å². The maximum atomic E-state index is 5.41. The maximum Gasteiger partial charge on any atom is -0.00425 e. The first kappa shape index (κ1) is 7.80. The van der Waals surface area contributed by atoms with Gasteiger partial charge in [-0.05, 0) is 38.1 Å². The van der Waals surface area contributed by atoms with Crippen LogP contribution in [0.1, 0.15) is 32.6 Å². The lowest BCUT2D eigenvalue weighted by atomic mass is 10.1. The summed E-state index contributed by atoms with van der Waals surface area (Å²) in [5.41, 5.74) is 7.05. The Bertz CT molecular complexity index is 123. The third-order valence-corrected chi connectivity index (χ3v) is 2.08. The fourth-order valence-electron chi connectivity index (χ4n) is 1.32. The van der Waals surface area contributed by atoms with Gasteiger partial charge in [-0.15, -0.1) is 0 Å². The summed E-state index contributed by atoms with van der Waals surface area (Å²) in [5.74, 6) is 0.941. The average Bonchev–Trinajstić information content (AvgIpc) is 2.73. The van der Waals surface area contributed by atoms with Crippen LogP contribution >= 0.6 is 0 Å². The zero-order valence-corrected chi connectivity index (χ0v) is 6.77. The predicted octanol–water partition coefficient (Wildman–Crippen LogP) is 2.08. The second kappa shape index (κ2) is 3.77. The van der Waals surface area contributed by atoms with E-state index < -0.39 is 0 Å². The molecule has 0 bridgehead atoms. The summed E-state index contributed by atoms with van der Waals surface area (Å²) in [5, 5.41) is 0. The van der Waals surface area contributed by atoms with Crippen LogP contribution in [-0.2, 0) is 0 Å². The minimum atomic E-state index is 0.802. The minimum absolute atomic E-state index is 0.802. The summed E-state index contributed by atoms with van der Waals surface area (Å²) in [4.78, 5) is 0. The van der Waals surface area contributed by atoms with Crippen molar-refractivity contribution in [3.8, 4) is 0 Å². The molecule has 0 aliphatic heterocycles. The van der Waals surface area contributed by atoms with Crippen LogP contribution < -0.4 is 5.73 Å². The molecule has 1 rings (SSSR count). The number of nitrogens with two attached hydrogens (primary N) is 1. The van der Waals surface area contributed by atoms with Crippen molar-refractivity contribution in [1.82, 2.24) is 0 Å². The Morgan fingerprint density at radius 1 is 1.60 bits per heavy atom. The summed E-state index contributed by atoms with van der Waals surface area (Å²) in [6.45, 7) is 3.04. The highest BCUT2D eigenvalue weighted by molar-refractivity contribution is 5.11. The monoisotopic (exact) mass is 139 g/mol. The Hall–Kier alpha value is -0.300. The average molecular weight is 139 g/mol. The maximum absolute atomic E-state index is 5.41. The van der Waals surface area contributed by atoms with Gasteiger partial charge in [-0.1, -0.05) is 18.6 Å². The largest absolute Gasteiger partial charge is 0.330 e. The smallest absolute Gasteiger partial charge is 0.00425 e. The van der Waals surface area contributed by atoms with E-state index in [-0.39, 0.29) is 0 Å². The fourth-order valence-corrected chi connectivity index (χ4v) is 1.32. The number of hydrogen-bond acceptors (Lipinski definition) is 1. The topological polar surface area (TPSA) is 26.0 Å². The van der Waals surface area contributed by atoms with Crippen molar-refractivity contribution in [2.75, 3.05) is 6.54 Å². The van der Waals surface area contributed by atoms with Gasteiger partial charge in [0.1, 0.15) is 0 Å². The van der Waals surface area contributed by atoms with Crippen molar-refractivity contribution in [3.63, 3.8) is 0 Å². The first-order valence-electron chi connectivity index (χ1n) is 4.27. The molecule has 0 aromatic rings. The molecule has 0 radical (unpaired) electrons. The van der Waals surface area contributed by atoms with Gasteiger partial charge in [0, 0.05) is 0 Å². The molecule has 10 heavy (non-hydrogen) atoms. The van der Waals surface area contributed by atoms with E-state index in [1.54, 1.807) is 5.57 Å². The second-order valence-electron chi connectivity index (χ2n) is 2.98. The van der Waals surface area contributed by atoms with Crippen LogP contribution in [0.15, 0.2) is 11.6 Å². The Labute approximate surface area is 63.3 Å². The minimum Gasteiger partial charge on any atom is -0.330 e. The Morgan fingerprint density at radius 2 is 2.30 bits per heavy atom. The van der Waals surface area contributed by atoms with E-state index >= 15 is 0 Å². The first-order chi connectivity index (χ1) is 4.88. The van der Waals surface area contributed by atoms with Crippen LogP contribution in [0.3, 0.4) is 0 Å². The number of allylic oxidation sites excluding steroid dienone is 1. The Balaban J connectivity index is 2.30. The third kappa shape index (κ3) is 2.14. The van der Waals surface area contributed by atoms with Gasteiger partial charge in [-0.2, -0.15) is 0 Å². The van der Waals surface area contributed by atoms with Crippen molar-refractivity contribution in [1.29, 1.82) is 0 Å². The highest BCUT2D eigenvalue weighted by Gasteiger charge is 2.23. The number of hydrogen-bond donors (Lipinski definition) is 1. The summed E-state index contributed by atoms with van der Waals surface area (Å²) in [7, 11) is 0. The van der Waals surface area contributed by atoms with Crippen molar-refractivity contribution in [2.45, 2.75) is 32.6 Å². The highest BCUT2D eigenvalue weighted by atomic mass is 14.5. The SMILES string of the molecule is CCC(=CCCN)C1CC1. The lowest BCUT2D eigenvalue weighted by molar-refractivity contribution is 0.879. The molecular weight excluding hydrogens is 122 g/mol. The molecule has 0 heterocycles. The van der Waals surface area contributed by atoms with Gasteiger partial charge in [0.05, 0.1) is 0 Å². The molecule has 1 aliphatic rings. The van der Waals surface area contributed by atoms with Crippen LogP contribution in [0.25, 0.3) is 0 Å². The third-order valence-electron chi connectivity index (χ3n) is 2.08. The molecule has 0 aromatic carbocycles. The Kier molecular flexibility index (Phi) is 2.94. The molecule has 0 unspecified atom stereocenters. The zero-order chi connectivity index (χ0) is 7.40. The van der Waals surface area contributed by atoms with Crippen LogP contribution in [0.2, 0.25) is 0 Å². The number of rotatable bonds is 4. The van der Waals surface area contributed by atoms with Gasteiger partial charge in [0.15, 0.2) is 0 Å². The lowest BCUT2D eigenvalue weighted by Crippen LogP contribution is -1.96. The van der Waals surface area contributed by atoms with E-state index in [0.29, 0.717) is 0 Å². The highest BCUT2D eigenvalue weighted by Crippen LogP contribution is 2.37. The molecule has 0 spiro atoms. The van der Waals surface area contributed by atoms with Crippen molar-refractivity contribution < 1.29 is 0 Å². The molecule has 0 saturated heterocycles. The fraction of sp³-hybridized carbons (Fsp3) is 0.778. The van der Waals surface area contributed by atoms with Crippen LogP contribution in [-0.4, -0.2) is 6.54 Å². The van der Waals surface area contributed by atoms with Crippen LogP contribution in [0.4, 0.5) is 0 Å². The van der Waals surface area contributed by atoms with Crippen LogP contribution in [0.5, 0.6) is 0 Å². The van der Waals surface area contributed by atoms with Gasteiger partial charge < -0.3 is 5.73 Å². The van der Waals surface area contributed by atoms with Crippen molar-refractivity contribution in [2.24, 2.45) is 11.7 Å². The normalized spacial score (nSPS) is 19.6. The zero-order valence-electron chi connectivity index (χ0n) is 6.77. The van der Waals surface area contributed by atoms with Gasteiger partial charge in [-0.3, -0.25) is 0 Å². The van der Waals surface area contributed by atoms with E-state index in [1.165, 1.54) is 19.3 Å². The molecule has 1 heteroatoms. The molecular formula is C9H17N. The molecule has 1 aliphatic carbocycles. The van der Waals surface area contributed by atoms with E-state index in [2.05, 4.69) is 13.0 Å². The summed E-state index contributed by atoms with van der Waals surface area (Å²) in [6.07, 6.45) is 7.47. The lowest BCUT2D eigenvalue weighted by Gasteiger charge is -1.99.